The lowest BCUT2D eigenvalue weighted by Gasteiger charge is -2.26. The Balaban J connectivity index is 4.50. The van der Waals surface area contributed by atoms with Gasteiger partial charge in [-0.25, -0.2) is 9.59 Å². The number of hydrogen-bond donors (Lipinski definition) is 1. The van der Waals surface area contributed by atoms with Crippen molar-refractivity contribution in [2.45, 2.75) is 39.2 Å². The summed E-state index contributed by atoms with van der Waals surface area (Å²) in [6.07, 6.45) is 0.676. The molecule has 0 fully saturated rings. The van der Waals surface area contributed by atoms with Crippen molar-refractivity contribution in [3.05, 3.63) is 0 Å². The summed E-state index contributed by atoms with van der Waals surface area (Å²) in [6.45, 7) is 5.53. The summed E-state index contributed by atoms with van der Waals surface area (Å²) in [5.41, 5.74) is -1.00. The summed E-state index contributed by atoms with van der Waals surface area (Å²) in [4.78, 5) is 22.7. The summed E-state index contributed by atoms with van der Waals surface area (Å²) in [5, 5.41) is 2.51. The Labute approximate surface area is 90.1 Å². The summed E-state index contributed by atoms with van der Waals surface area (Å²) in [5.74, 6) is -0.461. The monoisotopic (exact) mass is 217 g/mol. The molecular weight excluding hydrogens is 198 g/mol. The molecule has 1 N–H and O–H groups in total. The van der Waals surface area contributed by atoms with E-state index >= 15 is 0 Å². The first-order valence-corrected chi connectivity index (χ1v) is 5.03. The summed E-state index contributed by atoms with van der Waals surface area (Å²) in [6, 6.07) is 0. The number of alkyl carbamates (subject to hydrolysis) is 1. The number of ether oxygens (including phenoxy) is 2. The first kappa shape index (κ1) is 13.7. The fraction of sp³-hybridized carbons (Fsp3) is 0.800. The van der Waals surface area contributed by atoms with Crippen molar-refractivity contribution in [1.29, 1.82) is 0 Å². The number of methoxy groups -OCH3 is 1. The molecule has 0 rings (SSSR count). The molecule has 0 aromatic rings. The van der Waals surface area contributed by atoms with Gasteiger partial charge < -0.3 is 14.8 Å². The fourth-order valence-electron chi connectivity index (χ4n) is 1.33. The highest BCUT2D eigenvalue weighted by Gasteiger charge is 2.35. The van der Waals surface area contributed by atoms with E-state index in [1.54, 1.807) is 13.8 Å². The van der Waals surface area contributed by atoms with Gasteiger partial charge in [0.05, 0.1) is 13.7 Å². The van der Waals surface area contributed by atoms with Crippen LogP contribution in [0, 0.1) is 0 Å². The minimum absolute atomic E-state index is 0.273. The molecule has 0 saturated carbocycles. The second-order valence-electron chi connectivity index (χ2n) is 3.42. The molecule has 0 saturated heterocycles. The fourth-order valence-corrected chi connectivity index (χ4v) is 1.33. The molecular formula is C10H19NO4. The Bertz CT molecular complexity index is 229. The minimum atomic E-state index is -1.00. The van der Waals surface area contributed by atoms with Crippen LogP contribution in [0.5, 0.6) is 0 Å². The Hall–Kier alpha value is -1.26. The lowest BCUT2D eigenvalue weighted by molar-refractivity contribution is -0.148. The predicted molar refractivity (Wildman–Crippen MR) is 55.5 cm³/mol. The SMILES string of the molecule is CCCC(C)(NC(=O)OCC)C(=O)OC. The largest absolute Gasteiger partial charge is 0.467 e. The zero-order valence-electron chi connectivity index (χ0n) is 9.75. The highest BCUT2D eigenvalue weighted by molar-refractivity contribution is 5.85. The third-order valence-corrected chi connectivity index (χ3v) is 2.04. The van der Waals surface area contributed by atoms with Gasteiger partial charge in [0, 0.05) is 0 Å². The Morgan fingerprint density at radius 1 is 1.33 bits per heavy atom. The van der Waals surface area contributed by atoms with Crippen LogP contribution < -0.4 is 5.32 Å². The molecule has 1 amide bonds. The first-order chi connectivity index (χ1) is 7.00. The van der Waals surface area contributed by atoms with Gasteiger partial charge in [0.2, 0.25) is 0 Å². The predicted octanol–water partition coefficient (Wildman–Crippen LogP) is 1.46. The molecule has 0 radical (unpaired) electrons. The molecule has 0 spiro atoms. The molecule has 5 nitrogen and oxygen atoms in total. The summed E-state index contributed by atoms with van der Waals surface area (Å²) >= 11 is 0. The third kappa shape index (κ3) is 4.18. The van der Waals surface area contributed by atoms with Crippen LogP contribution in [0.4, 0.5) is 4.79 Å². The molecule has 1 unspecified atom stereocenters. The molecule has 1 atom stereocenters. The molecule has 0 heterocycles. The molecule has 5 heteroatoms. The van der Waals surface area contributed by atoms with E-state index in [9.17, 15) is 9.59 Å². The van der Waals surface area contributed by atoms with E-state index in [1.165, 1.54) is 7.11 Å². The second kappa shape index (κ2) is 6.27. The van der Waals surface area contributed by atoms with E-state index in [1.807, 2.05) is 6.92 Å². The van der Waals surface area contributed by atoms with Gasteiger partial charge in [-0.05, 0) is 20.3 Å². The molecule has 0 aromatic carbocycles. The molecule has 0 aliphatic carbocycles. The summed E-state index contributed by atoms with van der Waals surface area (Å²) < 4.78 is 9.36. The lowest BCUT2D eigenvalue weighted by Crippen LogP contribution is -2.52. The Morgan fingerprint density at radius 2 is 1.93 bits per heavy atom. The van der Waals surface area contributed by atoms with Gasteiger partial charge >= 0.3 is 12.1 Å². The average Bonchev–Trinajstić information content (AvgIpc) is 2.17. The van der Waals surface area contributed by atoms with Gasteiger partial charge in [-0.3, -0.25) is 0 Å². The van der Waals surface area contributed by atoms with Crippen LogP contribution in [0.1, 0.15) is 33.6 Å². The van der Waals surface area contributed by atoms with Crippen LogP contribution in [-0.4, -0.2) is 31.3 Å². The van der Waals surface area contributed by atoms with Crippen molar-refractivity contribution in [2.75, 3.05) is 13.7 Å². The number of amides is 1. The normalized spacial score (nSPS) is 13.9. The van der Waals surface area contributed by atoms with Crippen LogP contribution in [0.15, 0.2) is 0 Å². The van der Waals surface area contributed by atoms with Gasteiger partial charge in [0.15, 0.2) is 0 Å². The van der Waals surface area contributed by atoms with Crippen molar-refractivity contribution >= 4 is 12.1 Å². The number of nitrogens with one attached hydrogen (secondary N) is 1. The van der Waals surface area contributed by atoms with Crippen molar-refractivity contribution < 1.29 is 19.1 Å². The number of hydrogen-bond acceptors (Lipinski definition) is 4. The molecule has 15 heavy (non-hydrogen) atoms. The van der Waals surface area contributed by atoms with Crippen LogP contribution in [0.3, 0.4) is 0 Å². The van der Waals surface area contributed by atoms with Crippen LogP contribution in [0.2, 0.25) is 0 Å². The third-order valence-electron chi connectivity index (χ3n) is 2.04. The van der Waals surface area contributed by atoms with Crippen molar-refractivity contribution in [3.63, 3.8) is 0 Å². The van der Waals surface area contributed by atoms with E-state index < -0.39 is 17.6 Å². The Morgan fingerprint density at radius 3 is 2.33 bits per heavy atom. The van der Waals surface area contributed by atoms with Crippen molar-refractivity contribution in [2.24, 2.45) is 0 Å². The van der Waals surface area contributed by atoms with E-state index in [-0.39, 0.29) is 6.61 Å². The van der Waals surface area contributed by atoms with E-state index in [0.29, 0.717) is 6.42 Å². The standard InChI is InChI=1S/C10H19NO4/c1-5-7-10(3,8(12)14-4)11-9(13)15-6-2/h5-7H2,1-4H3,(H,11,13). The zero-order chi connectivity index (χ0) is 11.9. The van der Waals surface area contributed by atoms with Gasteiger partial charge in [-0.2, -0.15) is 0 Å². The number of esters is 1. The second-order valence-corrected chi connectivity index (χ2v) is 3.42. The van der Waals surface area contributed by atoms with Crippen LogP contribution in [-0.2, 0) is 14.3 Å². The highest BCUT2D eigenvalue weighted by atomic mass is 16.6. The van der Waals surface area contributed by atoms with E-state index in [0.717, 1.165) is 6.42 Å². The first-order valence-electron chi connectivity index (χ1n) is 5.03. The quantitative estimate of drug-likeness (QED) is 0.708. The number of rotatable bonds is 5. The van der Waals surface area contributed by atoms with Gasteiger partial charge in [-0.1, -0.05) is 13.3 Å². The molecule has 0 aromatic heterocycles. The number of carbonyl (C=O) groups excluding carboxylic acids is 2. The average molecular weight is 217 g/mol. The van der Waals surface area contributed by atoms with Crippen molar-refractivity contribution in [1.82, 2.24) is 5.32 Å². The maximum absolute atomic E-state index is 11.5. The maximum atomic E-state index is 11.5. The lowest BCUT2D eigenvalue weighted by atomic mass is 9.96. The number of carbonyl (C=O) groups is 2. The maximum Gasteiger partial charge on any atom is 0.408 e. The molecule has 0 aliphatic rings. The topological polar surface area (TPSA) is 64.6 Å². The van der Waals surface area contributed by atoms with Gasteiger partial charge in [-0.15, -0.1) is 0 Å². The Kier molecular flexibility index (Phi) is 5.74. The van der Waals surface area contributed by atoms with E-state index in [4.69, 9.17) is 4.74 Å². The van der Waals surface area contributed by atoms with Gasteiger partial charge in [0.25, 0.3) is 0 Å². The smallest absolute Gasteiger partial charge is 0.408 e. The van der Waals surface area contributed by atoms with Crippen LogP contribution in [0.25, 0.3) is 0 Å². The zero-order valence-corrected chi connectivity index (χ0v) is 9.75. The van der Waals surface area contributed by atoms with Crippen LogP contribution >= 0.6 is 0 Å². The van der Waals surface area contributed by atoms with Gasteiger partial charge in [0.1, 0.15) is 5.54 Å². The van der Waals surface area contributed by atoms with E-state index in [2.05, 4.69) is 10.1 Å². The minimum Gasteiger partial charge on any atom is -0.467 e. The highest BCUT2D eigenvalue weighted by Crippen LogP contribution is 2.14. The van der Waals surface area contributed by atoms with Crippen molar-refractivity contribution in [3.8, 4) is 0 Å². The molecule has 88 valence electrons. The summed E-state index contributed by atoms with van der Waals surface area (Å²) in [7, 11) is 1.29. The molecule has 0 bridgehead atoms. The molecule has 0 aliphatic heterocycles.